The summed E-state index contributed by atoms with van der Waals surface area (Å²) in [5.41, 5.74) is 2.93. The van der Waals surface area contributed by atoms with Crippen molar-refractivity contribution < 1.29 is 18.0 Å². The number of nitrogens with zero attached hydrogens (tertiary/aromatic N) is 2. The molecule has 1 N–H and O–H groups in total. The van der Waals surface area contributed by atoms with Gasteiger partial charge in [0.05, 0.1) is 10.6 Å². The molecule has 0 aliphatic carbocycles. The zero-order chi connectivity index (χ0) is 32.4. The van der Waals surface area contributed by atoms with E-state index in [1.165, 1.54) is 21.3 Å². The lowest BCUT2D eigenvalue weighted by Gasteiger charge is -2.34. The number of aryl methyl sites for hydroxylation is 1. The molecule has 7 nitrogen and oxygen atoms in total. The summed E-state index contributed by atoms with van der Waals surface area (Å²) in [5, 5.41) is 3.02. The number of rotatable bonds is 14. The average molecular weight is 691 g/mol. The van der Waals surface area contributed by atoms with Gasteiger partial charge in [-0.2, -0.15) is 0 Å². The van der Waals surface area contributed by atoms with Crippen LogP contribution < -0.4 is 9.62 Å². The number of hydrogen-bond donors (Lipinski definition) is 1. The van der Waals surface area contributed by atoms with Crippen LogP contribution in [0.3, 0.4) is 0 Å². The number of sulfonamides is 1. The summed E-state index contributed by atoms with van der Waals surface area (Å²) < 4.78 is 30.5. The van der Waals surface area contributed by atoms with Gasteiger partial charge in [-0.3, -0.25) is 13.9 Å². The van der Waals surface area contributed by atoms with Gasteiger partial charge in [0, 0.05) is 24.0 Å². The molecule has 236 valence electrons. The van der Waals surface area contributed by atoms with E-state index < -0.39 is 28.5 Å². The Kier molecular flexibility index (Phi) is 12.0. The highest BCUT2D eigenvalue weighted by molar-refractivity contribution is 9.10. The van der Waals surface area contributed by atoms with E-state index in [9.17, 15) is 18.0 Å². The minimum atomic E-state index is -4.14. The van der Waals surface area contributed by atoms with Crippen LogP contribution in [-0.4, -0.2) is 44.3 Å². The van der Waals surface area contributed by atoms with E-state index in [1.807, 2.05) is 87.5 Å². The van der Waals surface area contributed by atoms with Crippen molar-refractivity contribution in [3.05, 3.63) is 130 Å². The van der Waals surface area contributed by atoms with Crippen LogP contribution in [0.15, 0.2) is 119 Å². The maximum Gasteiger partial charge on any atom is 0.264 e. The van der Waals surface area contributed by atoms with Gasteiger partial charge in [0.15, 0.2) is 0 Å². The molecule has 0 spiro atoms. The fourth-order valence-electron chi connectivity index (χ4n) is 5.05. The Morgan fingerprint density at radius 3 is 2.02 bits per heavy atom. The van der Waals surface area contributed by atoms with E-state index in [0.29, 0.717) is 18.7 Å². The molecule has 4 aromatic rings. The highest BCUT2D eigenvalue weighted by Crippen LogP contribution is 2.28. The van der Waals surface area contributed by atoms with Gasteiger partial charge in [-0.1, -0.05) is 116 Å². The van der Waals surface area contributed by atoms with Crippen LogP contribution in [-0.2, 0) is 39.0 Å². The molecule has 0 saturated carbocycles. The number of carbonyl (C=O) groups excluding carboxylic acids is 2. The number of anilines is 1. The third-order valence-corrected chi connectivity index (χ3v) is 9.78. The Balaban J connectivity index is 1.81. The van der Waals surface area contributed by atoms with Gasteiger partial charge in [0.25, 0.3) is 10.0 Å². The third kappa shape index (κ3) is 9.05. The number of para-hydroxylation sites is 1. The minimum Gasteiger partial charge on any atom is -0.354 e. The van der Waals surface area contributed by atoms with Gasteiger partial charge in [0.2, 0.25) is 11.8 Å². The molecular formula is C36H40BrN3O4S. The van der Waals surface area contributed by atoms with Crippen LogP contribution in [0, 0.1) is 5.92 Å². The molecule has 0 bridgehead atoms. The van der Waals surface area contributed by atoms with Crippen LogP contribution in [0.1, 0.15) is 37.5 Å². The smallest absolute Gasteiger partial charge is 0.264 e. The minimum absolute atomic E-state index is 0.0821. The summed E-state index contributed by atoms with van der Waals surface area (Å²) in [4.78, 5) is 30.1. The van der Waals surface area contributed by atoms with Crippen molar-refractivity contribution in [2.24, 2.45) is 5.92 Å². The monoisotopic (exact) mass is 689 g/mol. The first-order valence-electron chi connectivity index (χ1n) is 15.1. The van der Waals surface area contributed by atoms with Crippen LogP contribution in [0.5, 0.6) is 0 Å². The van der Waals surface area contributed by atoms with Crippen molar-refractivity contribution >= 4 is 43.5 Å². The SMILES string of the molecule is CCc1ccccc1N(CC(=O)N(Cc1ccc(Br)cc1)C(Cc1ccccc1)C(=O)NCC(C)C)S(=O)(=O)c1ccccc1. The van der Waals surface area contributed by atoms with Crippen molar-refractivity contribution in [3.8, 4) is 0 Å². The number of halogens is 1. The lowest BCUT2D eigenvalue weighted by molar-refractivity contribution is -0.140. The number of carbonyl (C=O) groups is 2. The molecule has 0 radical (unpaired) electrons. The predicted octanol–water partition coefficient (Wildman–Crippen LogP) is 6.62. The predicted molar refractivity (Wildman–Crippen MR) is 183 cm³/mol. The van der Waals surface area contributed by atoms with E-state index in [4.69, 9.17) is 0 Å². The lowest BCUT2D eigenvalue weighted by atomic mass is 10.0. The summed E-state index contributed by atoms with van der Waals surface area (Å²) in [7, 11) is -4.14. The normalized spacial score (nSPS) is 12.0. The molecule has 9 heteroatoms. The highest BCUT2D eigenvalue weighted by Gasteiger charge is 2.35. The summed E-state index contributed by atoms with van der Waals surface area (Å²) in [6, 6.07) is 31.5. The Morgan fingerprint density at radius 1 is 0.800 bits per heavy atom. The first-order chi connectivity index (χ1) is 21.6. The quantitative estimate of drug-likeness (QED) is 0.161. The van der Waals surface area contributed by atoms with Gasteiger partial charge in [-0.25, -0.2) is 8.42 Å². The molecule has 0 aliphatic rings. The summed E-state index contributed by atoms with van der Waals surface area (Å²) in [6.07, 6.45) is 0.839. The van der Waals surface area contributed by atoms with E-state index in [0.717, 1.165) is 21.2 Å². The topological polar surface area (TPSA) is 86.8 Å². The Morgan fingerprint density at radius 2 is 1.40 bits per heavy atom. The van der Waals surface area contributed by atoms with Gasteiger partial charge in [-0.15, -0.1) is 0 Å². The molecule has 4 rings (SSSR count). The number of hydrogen-bond acceptors (Lipinski definition) is 4. The molecule has 45 heavy (non-hydrogen) atoms. The maximum atomic E-state index is 14.6. The van der Waals surface area contributed by atoms with Crippen molar-refractivity contribution in [1.82, 2.24) is 10.2 Å². The van der Waals surface area contributed by atoms with Crippen molar-refractivity contribution in [2.45, 2.75) is 51.1 Å². The van der Waals surface area contributed by atoms with Crippen LogP contribution in [0.4, 0.5) is 5.69 Å². The van der Waals surface area contributed by atoms with Crippen molar-refractivity contribution in [3.63, 3.8) is 0 Å². The average Bonchev–Trinajstić information content (AvgIpc) is 3.05. The van der Waals surface area contributed by atoms with E-state index in [2.05, 4.69) is 21.2 Å². The van der Waals surface area contributed by atoms with E-state index >= 15 is 0 Å². The van der Waals surface area contributed by atoms with Crippen LogP contribution in [0.25, 0.3) is 0 Å². The molecular weight excluding hydrogens is 650 g/mol. The first-order valence-corrected chi connectivity index (χ1v) is 17.3. The fourth-order valence-corrected chi connectivity index (χ4v) is 6.79. The van der Waals surface area contributed by atoms with Gasteiger partial charge in [-0.05, 0) is 59.4 Å². The second kappa shape index (κ2) is 15.9. The zero-order valence-corrected chi connectivity index (χ0v) is 28.3. The van der Waals surface area contributed by atoms with Crippen LogP contribution in [0.2, 0.25) is 0 Å². The highest BCUT2D eigenvalue weighted by atomic mass is 79.9. The van der Waals surface area contributed by atoms with Gasteiger partial charge in [0.1, 0.15) is 12.6 Å². The fraction of sp³-hybridized carbons (Fsp3) is 0.278. The van der Waals surface area contributed by atoms with Gasteiger partial charge < -0.3 is 10.2 Å². The third-order valence-electron chi connectivity index (χ3n) is 7.47. The molecule has 1 unspecified atom stereocenters. The summed E-state index contributed by atoms with van der Waals surface area (Å²) >= 11 is 3.47. The molecule has 2 amide bonds. The Labute approximate surface area is 275 Å². The van der Waals surface area contributed by atoms with Crippen molar-refractivity contribution in [2.75, 3.05) is 17.4 Å². The molecule has 0 fully saturated rings. The second-order valence-electron chi connectivity index (χ2n) is 11.3. The molecule has 0 aliphatic heterocycles. The number of benzene rings is 4. The molecule has 0 heterocycles. The number of nitrogens with one attached hydrogen (secondary N) is 1. The lowest BCUT2D eigenvalue weighted by Crippen LogP contribution is -2.53. The molecule has 4 aromatic carbocycles. The summed E-state index contributed by atoms with van der Waals surface area (Å²) in [6.45, 7) is 6.05. The molecule has 0 saturated heterocycles. The van der Waals surface area contributed by atoms with Crippen molar-refractivity contribution in [1.29, 1.82) is 0 Å². The summed E-state index contributed by atoms with van der Waals surface area (Å²) in [5.74, 6) is -0.563. The molecule has 1 atom stereocenters. The number of amides is 2. The largest absolute Gasteiger partial charge is 0.354 e. The van der Waals surface area contributed by atoms with Gasteiger partial charge >= 0.3 is 0 Å². The van der Waals surface area contributed by atoms with E-state index in [-0.39, 0.29) is 29.7 Å². The second-order valence-corrected chi connectivity index (χ2v) is 14.1. The molecule has 0 aromatic heterocycles. The zero-order valence-electron chi connectivity index (χ0n) is 25.9. The standard InChI is InChI=1S/C36H40BrN3O4S/c1-4-30-15-11-12-18-33(30)40(45(43,44)32-16-9-6-10-17-32)26-35(41)39(25-29-19-21-31(37)22-20-29)34(36(42)38-24-27(2)3)23-28-13-7-5-8-14-28/h5-22,27,34H,4,23-26H2,1-3H3,(H,38,42). The maximum absolute atomic E-state index is 14.6. The van der Waals surface area contributed by atoms with E-state index in [1.54, 1.807) is 30.3 Å². The van der Waals surface area contributed by atoms with Crippen LogP contribution >= 0.6 is 15.9 Å². The first kappa shape index (κ1) is 33.9. The Bertz CT molecular complexity index is 1660. The Hall–Kier alpha value is -3.95.